The van der Waals surface area contributed by atoms with E-state index in [9.17, 15) is 9.59 Å². The molecule has 0 unspecified atom stereocenters. The molecule has 3 aromatic rings. The average molecular weight is 409 g/mol. The van der Waals surface area contributed by atoms with E-state index in [1.807, 2.05) is 31.2 Å². The second kappa shape index (κ2) is 8.69. The van der Waals surface area contributed by atoms with E-state index in [1.54, 1.807) is 11.8 Å². The molecule has 1 aromatic carbocycles. The third-order valence-corrected chi connectivity index (χ3v) is 5.49. The molecule has 30 heavy (non-hydrogen) atoms. The van der Waals surface area contributed by atoms with Gasteiger partial charge in [0, 0.05) is 17.7 Å². The van der Waals surface area contributed by atoms with Crippen LogP contribution in [0.25, 0.3) is 5.78 Å². The van der Waals surface area contributed by atoms with Crippen molar-refractivity contribution in [2.75, 3.05) is 11.5 Å². The fourth-order valence-corrected chi connectivity index (χ4v) is 4.07. The van der Waals surface area contributed by atoms with Crippen molar-refractivity contribution < 1.29 is 9.53 Å². The van der Waals surface area contributed by atoms with Crippen LogP contribution in [0.15, 0.2) is 35.1 Å². The average Bonchev–Trinajstić information content (AvgIpc) is 3.16. The van der Waals surface area contributed by atoms with E-state index in [0.717, 1.165) is 25.7 Å². The van der Waals surface area contributed by atoms with Gasteiger partial charge in [-0.25, -0.2) is 4.98 Å². The number of ether oxygens (including phenoxy) is 1. The predicted molar refractivity (Wildman–Crippen MR) is 114 cm³/mol. The lowest BCUT2D eigenvalue weighted by molar-refractivity contribution is -0.123. The Morgan fingerprint density at radius 1 is 1.23 bits per heavy atom. The number of nitrogens with one attached hydrogen (secondary N) is 1. The molecular weight excluding hydrogens is 382 g/mol. The van der Waals surface area contributed by atoms with Gasteiger partial charge < -0.3 is 9.64 Å². The van der Waals surface area contributed by atoms with E-state index in [2.05, 4.69) is 15.1 Å². The van der Waals surface area contributed by atoms with Crippen molar-refractivity contribution in [1.82, 2.24) is 19.6 Å². The summed E-state index contributed by atoms with van der Waals surface area (Å²) in [6.45, 7) is 4.39. The van der Waals surface area contributed by atoms with Gasteiger partial charge in [-0.2, -0.15) is 9.50 Å². The number of benzene rings is 1. The second-order valence-corrected chi connectivity index (χ2v) is 7.70. The number of carbonyl (C=O) groups excluding carboxylic acids is 1. The van der Waals surface area contributed by atoms with Gasteiger partial charge in [-0.05, 0) is 38.8 Å². The molecule has 1 aliphatic rings. The molecule has 2 heterocycles. The molecule has 1 N–H and O–H groups in total. The standard InChI is InChI=1S/C22H27N5O3/c1-3-30-18-12-8-7-11-17(18)26(21(29)16-9-5-4-6-10-16)14-19-24-22-23-15(2)13-20(28)27(22)25-19/h7-8,11-13,16H,3-6,9-10,14H2,1-2H3,(H,23,24,25). The maximum Gasteiger partial charge on any atom is 0.274 e. The number of para-hydroxylation sites is 2. The van der Waals surface area contributed by atoms with Gasteiger partial charge in [0.25, 0.3) is 11.3 Å². The number of carbonyl (C=O) groups is 1. The van der Waals surface area contributed by atoms with Crippen LogP contribution < -0.4 is 15.2 Å². The summed E-state index contributed by atoms with van der Waals surface area (Å²) in [7, 11) is 0. The van der Waals surface area contributed by atoms with Gasteiger partial charge in [-0.15, -0.1) is 0 Å². The molecule has 0 aliphatic heterocycles. The molecule has 4 rings (SSSR count). The van der Waals surface area contributed by atoms with Crippen molar-refractivity contribution in [3.05, 3.63) is 52.2 Å². The summed E-state index contributed by atoms with van der Waals surface area (Å²) in [4.78, 5) is 36.3. The fourth-order valence-electron chi connectivity index (χ4n) is 4.07. The third kappa shape index (κ3) is 4.08. The molecule has 8 heteroatoms. The number of aromatic nitrogens is 4. The van der Waals surface area contributed by atoms with E-state index in [4.69, 9.17) is 4.74 Å². The number of anilines is 1. The summed E-state index contributed by atoms with van der Waals surface area (Å²) in [6.07, 6.45) is 5.11. The summed E-state index contributed by atoms with van der Waals surface area (Å²) in [5, 5.41) is 3.00. The highest BCUT2D eigenvalue weighted by atomic mass is 16.5. The highest BCUT2D eigenvalue weighted by Gasteiger charge is 2.29. The Morgan fingerprint density at radius 3 is 2.77 bits per heavy atom. The molecule has 8 nitrogen and oxygen atoms in total. The molecule has 0 saturated heterocycles. The zero-order chi connectivity index (χ0) is 21.1. The minimum absolute atomic E-state index is 0.0131. The van der Waals surface area contributed by atoms with Crippen LogP contribution in [0.4, 0.5) is 5.69 Å². The normalized spacial score (nSPS) is 14.7. The lowest BCUT2D eigenvalue weighted by atomic mass is 9.88. The first kappa shape index (κ1) is 20.1. The lowest BCUT2D eigenvalue weighted by Gasteiger charge is -2.30. The topological polar surface area (TPSA) is 92.6 Å². The van der Waals surface area contributed by atoms with Crippen molar-refractivity contribution >= 4 is 17.4 Å². The summed E-state index contributed by atoms with van der Waals surface area (Å²) < 4.78 is 7.10. The van der Waals surface area contributed by atoms with Crippen LogP contribution >= 0.6 is 0 Å². The summed E-state index contributed by atoms with van der Waals surface area (Å²) in [5.41, 5.74) is 1.10. The predicted octanol–water partition coefficient (Wildman–Crippen LogP) is 3.24. The SMILES string of the molecule is CCOc1ccccc1N(Cc1nc2nc(C)cc(=O)n2[nH]1)C(=O)C1CCCCC1. The first-order valence-electron chi connectivity index (χ1n) is 10.6. The van der Waals surface area contributed by atoms with E-state index >= 15 is 0 Å². The number of hydrogen-bond donors (Lipinski definition) is 1. The Kier molecular flexibility index (Phi) is 5.83. The Hall–Kier alpha value is -3.16. The largest absolute Gasteiger partial charge is 0.492 e. The third-order valence-electron chi connectivity index (χ3n) is 5.49. The van der Waals surface area contributed by atoms with Gasteiger partial charge in [0.1, 0.15) is 11.6 Å². The first-order valence-corrected chi connectivity index (χ1v) is 10.6. The number of nitrogens with zero attached hydrogens (tertiary/aromatic N) is 4. The molecule has 2 aromatic heterocycles. The number of aromatic amines is 1. The number of fused-ring (bicyclic) bond motifs is 1. The summed E-state index contributed by atoms with van der Waals surface area (Å²) in [6, 6.07) is 9.00. The molecule has 0 bridgehead atoms. The van der Waals surface area contributed by atoms with Crippen molar-refractivity contribution in [2.45, 2.75) is 52.5 Å². The van der Waals surface area contributed by atoms with Crippen LogP contribution in [0, 0.1) is 12.8 Å². The van der Waals surface area contributed by atoms with Gasteiger partial charge >= 0.3 is 0 Å². The van der Waals surface area contributed by atoms with Crippen molar-refractivity contribution in [1.29, 1.82) is 0 Å². The van der Waals surface area contributed by atoms with E-state index in [-0.39, 0.29) is 23.9 Å². The monoisotopic (exact) mass is 409 g/mol. The minimum Gasteiger partial charge on any atom is -0.492 e. The number of rotatable bonds is 6. The van der Waals surface area contributed by atoms with Gasteiger partial charge in [-0.1, -0.05) is 31.4 Å². The van der Waals surface area contributed by atoms with Crippen LogP contribution in [-0.4, -0.2) is 32.1 Å². The molecular formula is C22H27N5O3. The first-order chi connectivity index (χ1) is 14.6. The van der Waals surface area contributed by atoms with Crippen molar-refractivity contribution in [3.63, 3.8) is 0 Å². The summed E-state index contributed by atoms with van der Waals surface area (Å²) in [5.74, 6) is 1.52. The van der Waals surface area contributed by atoms with Crippen LogP contribution in [0.5, 0.6) is 5.75 Å². The number of amides is 1. The molecule has 1 aliphatic carbocycles. The molecule has 158 valence electrons. The molecule has 0 radical (unpaired) electrons. The second-order valence-electron chi connectivity index (χ2n) is 7.70. The smallest absolute Gasteiger partial charge is 0.274 e. The molecule has 1 amide bonds. The van der Waals surface area contributed by atoms with Crippen molar-refractivity contribution in [3.8, 4) is 5.75 Å². The van der Waals surface area contributed by atoms with E-state index in [1.165, 1.54) is 17.0 Å². The molecule has 0 spiro atoms. The van der Waals surface area contributed by atoms with Gasteiger partial charge in [0.15, 0.2) is 0 Å². The highest BCUT2D eigenvalue weighted by molar-refractivity contribution is 5.96. The molecule has 1 fully saturated rings. The van der Waals surface area contributed by atoms with Crippen LogP contribution in [-0.2, 0) is 11.3 Å². The van der Waals surface area contributed by atoms with E-state index < -0.39 is 0 Å². The number of H-pyrrole nitrogens is 1. The van der Waals surface area contributed by atoms with Crippen LogP contribution in [0.2, 0.25) is 0 Å². The van der Waals surface area contributed by atoms with Crippen molar-refractivity contribution in [2.24, 2.45) is 5.92 Å². The fraction of sp³-hybridized carbons (Fsp3) is 0.455. The maximum absolute atomic E-state index is 13.5. The van der Waals surface area contributed by atoms with Gasteiger partial charge in [0.05, 0.1) is 18.8 Å². The number of aryl methyl sites for hydroxylation is 1. The quantitative estimate of drug-likeness (QED) is 0.675. The lowest BCUT2D eigenvalue weighted by Crippen LogP contribution is -2.37. The zero-order valence-electron chi connectivity index (χ0n) is 17.4. The maximum atomic E-state index is 13.5. The summed E-state index contributed by atoms with van der Waals surface area (Å²) >= 11 is 0. The number of hydrogen-bond acceptors (Lipinski definition) is 5. The Labute approximate surface area is 174 Å². The zero-order valence-corrected chi connectivity index (χ0v) is 17.4. The molecule has 1 saturated carbocycles. The highest BCUT2D eigenvalue weighted by Crippen LogP contribution is 2.33. The van der Waals surface area contributed by atoms with Gasteiger partial charge in [-0.3, -0.25) is 14.7 Å². The Morgan fingerprint density at radius 2 is 2.00 bits per heavy atom. The van der Waals surface area contributed by atoms with Crippen LogP contribution in [0.3, 0.4) is 0 Å². The molecule has 0 atom stereocenters. The minimum atomic E-state index is -0.226. The van der Waals surface area contributed by atoms with Crippen LogP contribution in [0.1, 0.15) is 50.5 Å². The Bertz CT molecular complexity index is 1100. The van der Waals surface area contributed by atoms with Gasteiger partial charge in [0.2, 0.25) is 5.91 Å². The Balaban J connectivity index is 1.73. The van der Waals surface area contributed by atoms with E-state index in [0.29, 0.717) is 35.3 Å².